The Morgan fingerprint density at radius 1 is 1.21 bits per heavy atom. The molecule has 0 bridgehead atoms. The second-order valence-corrected chi connectivity index (χ2v) is 8.27. The Balaban J connectivity index is 1.32. The number of aliphatic hydroxyl groups excluding tert-OH is 1. The third-order valence-electron chi connectivity index (χ3n) is 6.55. The van der Waals surface area contributed by atoms with Gasteiger partial charge in [-0.15, -0.1) is 0 Å². The molecule has 4 rings (SSSR count). The second-order valence-electron chi connectivity index (χ2n) is 8.27. The van der Waals surface area contributed by atoms with Crippen molar-refractivity contribution in [3.8, 4) is 0 Å². The van der Waals surface area contributed by atoms with Gasteiger partial charge in [-0.2, -0.15) is 0 Å². The van der Waals surface area contributed by atoms with Crippen molar-refractivity contribution in [3.63, 3.8) is 0 Å². The molecule has 2 saturated heterocycles. The highest BCUT2D eigenvalue weighted by molar-refractivity contribution is 5.84. The van der Waals surface area contributed by atoms with Crippen LogP contribution in [0.15, 0.2) is 48.3 Å². The van der Waals surface area contributed by atoms with Crippen LogP contribution in [0.1, 0.15) is 24.8 Å². The van der Waals surface area contributed by atoms with Crippen molar-refractivity contribution in [1.29, 1.82) is 0 Å². The highest BCUT2D eigenvalue weighted by Crippen LogP contribution is 2.33. The van der Waals surface area contributed by atoms with Crippen LogP contribution in [-0.4, -0.2) is 59.7 Å². The number of methoxy groups -OCH3 is 1. The second kappa shape index (κ2) is 8.67. The molecule has 1 aromatic carbocycles. The minimum atomic E-state index is -0.435. The number of likely N-dealkylation sites (tertiary alicyclic amines) is 2. The number of benzene rings is 1. The van der Waals surface area contributed by atoms with Crippen molar-refractivity contribution in [2.24, 2.45) is 11.8 Å². The molecule has 1 amide bonds. The molecule has 29 heavy (non-hydrogen) atoms. The number of hydrogen-bond donors (Lipinski definition) is 1. The number of hydrogen-bond acceptors (Lipinski definition) is 4. The lowest BCUT2D eigenvalue weighted by Crippen LogP contribution is -2.52. The van der Waals surface area contributed by atoms with Crippen LogP contribution in [0.5, 0.6) is 0 Å². The number of β-amino-alcohol motifs (C(OH)–C–C–N with tert-alkyl or cyclic N) is 1. The van der Waals surface area contributed by atoms with Crippen molar-refractivity contribution in [3.05, 3.63) is 59.6 Å². The number of halogens is 1. The van der Waals surface area contributed by atoms with Gasteiger partial charge in [0.15, 0.2) is 0 Å². The molecule has 5 nitrogen and oxygen atoms in total. The average molecular weight is 400 g/mol. The quantitative estimate of drug-likeness (QED) is 0.826. The first-order chi connectivity index (χ1) is 14.0. The maximum atomic E-state index is 13.1. The van der Waals surface area contributed by atoms with Crippen LogP contribution >= 0.6 is 0 Å². The summed E-state index contributed by atoms with van der Waals surface area (Å²) >= 11 is 0. The lowest BCUT2D eigenvalue weighted by atomic mass is 9.78. The van der Waals surface area contributed by atoms with Crippen LogP contribution in [0.2, 0.25) is 0 Å². The number of piperidine rings is 1. The number of aliphatic hydroxyl groups is 1. The fourth-order valence-electron chi connectivity index (χ4n) is 4.87. The molecule has 0 radical (unpaired) electrons. The zero-order chi connectivity index (χ0) is 20.4. The summed E-state index contributed by atoms with van der Waals surface area (Å²) in [4.78, 5) is 16.9. The van der Waals surface area contributed by atoms with Crippen molar-refractivity contribution in [2.45, 2.75) is 38.0 Å². The fraction of sp³-hybridized carbons (Fsp3) is 0.522. The van der Waals surface area contributed by atoms with Crippen LogP contribution in [0, 0.1) is 17.7 Å². The highest BCUT2D eigenvalue weighted by Gasteiger charge is 2.41. The van der Waals surface area contributed by atoms with Gasteiger partial charge in [-0.05, 0) is 67.5 Å². The van der Waals surface area contributed by atoms with Gasteiger partial charge in [0, 0.05) is 19.6 Å². The van der Waals surface area contributed by atoms with Crippen LogP contribution in [0.3, 0.4) is 0 Å². The molecule has 3 aliphatic rings. The maximum Gasteiger partial charge on any atom is 0.240 e. The summed E-state index contributed by atoms with van der Waals surface area (Å²) in [6, 6.07) is 6.16. The molecule has 156 valence electrons. The number of nitrogens with zero attached hydrogens (tertiary/aromatic N) is 2. The van der Waals surface area contributed by atoms with E-state index in [0.29, 0.717) is 25.6 Å². The highest BCUT2D eigenvalue weighted by atomic mass is 19.1. The lowest BCUT2D eigenvalue weighted by molar-refractivity contribution is -0.134. The summed E-state index contributed by atoms with van der Waals surface area (Å²) in [7, 11) is 1.67. The molecule has 0 aromatic heterocycles. The van der Waals surface area contributed by atoms with E-state index in [4.69, 9.17) is 4.74 Å². The van der Waals surface area contributed by atoms with Gasteiger partial charge >= 0.3 is 0 Å². The Morgan fingerprint density at radius 2 is 2.00 bits per heavy atom. The van der Waals surface area contributed by atoms with Gasteiger partial charge < -0.3 is 14.7 Å². The van der Waals surface area contributed by atoms with E-state index < -0.39 is 6.10 Å². The predicted molar refractivity (Wildman–Crippen MR) is 108 cm³/mol. The van der Waals surface area contributed by atoms with E-state index in [0.717, 1.165) is 37.1 Å². The Labute approximate surface area is 171 Å². The Hall–Kier alpha value is -2.18. The largest absolute Gasteiger partial charge is 0.497 e. The van der Waals surface area contributed by atoms with Gasteiger partial charge in [-0.3, -0.25) is 9.69 Å². The average Bonchev–Trinajstić information content (AvgIpc) is 3.10. The molecule has 2 fully saturated rings. The summed E-state index contributed by atoms with van der Waals surface area (Å²) in [5.41, 5.74) is 0.937. The Morgan fingerprint density at radius 3 is 2.66 bits per heavy atom. The van der Waals surface area contributed by atoms with Gasteiger partial charge in [-0.25, -0.2) is 4.39 Å². The van der Waals surface area contributed by atoms with E-state index in [1.165, 1.54) is 12.1 Å². The van der Waals surface area contributed by atoms with E-state index >= 15 is 0 Å². The number of carbonyl (C=O) groups excluding carboxylic acids is 1. The molecule has 2 aliphatic heterocycles. The summed E-state index contributed by atoms with van der Waals surface area (Å²) in [5.74, 6) is 1.26. The first-order valence-electron chi connectivity index (χ1n) is 10.4. The Bertz CT molecular complexity index is 792. The zero-order valence-corrected chi connectivity index (χ0v) is 16.8. The SMILES string of the molecule is COC1=CCC([C@@H]2CCN(C3CCN(Cc4ccc(F)cc4)C3=O)C[C@H]2O)C=C1. The predicted octanol–water partition coefficient (Wildman–Crippen LogP) is 2.72. The van der Waals surface area contributed by atoms with Gasteiger partial charge in [0.25, 0.3) is 0 Å². The first kappa shape index (κ1) is 20.1. The number of ether oxygens (including phenoxy) is 1. The number of amides is 1. The van der Waals surface area contributed by atoms with E-state index in [1.54, 1.807) is 19.2 Å². The van der Waals surface area contributed by atoms with Crippen LogP contribution in [0.25, 0.3) is 0 Å². The van der Waals surface area contributed by atoms with Gasteiger partial charge in [-0.1, -0.05) is 18.2 Å². The van der Waals surface area contributed by atoms with Crippen molar-refractivity contribution in [1.82, 2.24) is 9.80 Å². The topological polar surface area (TPSA) is 53.0 Å². The number of carbonyl (C=O) groups is 1. The van der Waals surface area contributed by atoms with Crippen LogP contribution < -0.4 is 0 Å². The molecule has 4 atom stereocenters. The number of allylic oxidation sites excluding steroid dienone is 3. The molecular weight excluding hydrogens is 371 g/mol. The lowest BCUT2D eigenvalue weighted by Gasteiger charge is -2.41. The van der Waals surface area contributed by atoms with E-state index in [-0.39, 0.29) is 23.7 Å². The molecule has 0 spiro atoms. The molecule has 2 heterocycles. The van der Waals surface area contributed by atoms with Crippen LogP contribution in [0.4, 0.5) is 4.39 Å². The normalized spacial score (nSPS) is 30.5. The molecule has 1 aliphatic carbocycles. The van der Waals surface area contributed by atoms with E-state index in [2.05, 4.69) is 17.1 Å². The smallest absolute Gasteiger partial charge is 0.240 e. The van der Waals surface area contributed by atoms with Gasteiger partial charge in [0.05, 0.1) is 19.3 Å². The molecule has 1 N–H and O–H groups in total. The van der Waals surface area contributed by atoms with Crippen molar-refractivity contribution >= 4 is 5.91 Å². The Kier molecular flexibility index (Phi) is 6.01. The van der Waals surface area contributed by atoms with Crippen molar-refractivity contribution < 1.29 is 19.0 Å². The minimum Gasteiger partial charge on any atom is -0.497 e. The molecule has 2 unspecified atom stereocenters. The third-order valence-corrected chi connectivity index (χ3v) is 6.55. The maximum absolute atomic E-state index is 13.1. The van der Waals surface area contributed by atoms with E-state index in [1.807, 2.05) is 11.0 Å². The van der Waals surface area contributed by atoms with Gasteiger partial charge in [0.2, 0.25) is 5.91 Å². The molecule has 6 heteroatoms. The summed E-state index contributed by atoms with van der Waals surface area (Å²) in [5, 5.41) is 10.8. The van der Waals surface area contributed by atoms with Gasteiger partial charge in [0.1, 0.15) is 11.6 Å². The fourth-order valence-corrected chi connectivity index (χ4v) is 4.87. The minimum absolute atomic E-state index is 0.116. The van der Waals surface area contributed by atoms with Crippen molar-refractivity contribution in [2.75, 3.05) is 26.7 Å². The first-order valence-corrected chi connectivity index (χ1v) is 10.4. The summed E-state index contributed by atoms with van der Waals surface area (Å²) in [6.45, 7) is 2.58. The van der Waals surface area contributed by atoms with E-state index in [9.17, 15) is 14.3 Å². The summed E-state index contributed by atoms with van der Waals surface area (Å²) < 4.78 is 18.3. The zero-order valence-electron chi connectivity index (χ0n) is 16.8. The monoisotopic (exact) mass is 400 g/mol. The third kappa shape index (κ3) is 4.38. The summed E-state index contributed by atoms with van der Waals surface area (Å²) in [6.07, 6.45) is 8.32. The molecular formula is C23H29FN2O3. The standard InChI is InChI=1S/C23H29FN2O3/c1-29-19-8-4-17(5-9-19)20-10-12-25(15-22(20)27)21-11-13-26(23(21)28)14-16-2-6-18(24)7-3-16/h2-4,6-9,17,20-22,27H,5,10-15H2,1H3/t17?,20-,21?,22+/m0/s1. The number of rotatable bonds is 5. The molecule has 0 saturated carbocycles. The van der Waals surface area contributed by atoms with Crippen LogP contribution in [-0.2, 0) is 16.1 Å². The molecule has 1 aromatic rings.